The van der Waals surface area contributed by atoms with Crippen molar-refractivity contribution >= 4 is 52.6 Å². The van der Waals surface area contributed by atoms with Gasteiger partial charge in [-0.3, -0.25) is 4.79 Å². The third kappa shape index (κ3) is 7.57. The van der Waals surface area contributed by atoms with Crippen LogP contribution in [0.15, 0.2) is 42.6 Å². The SMILES string of the molecule is C=C1[C@H](Cc2ccccc2C(=O)O)O[C@@H](n2ncc3c(N(C(=O)OC(C)(C)C)C(=O)OC(C)(C)C)nc(Cl)nc32)[C@@H]1OC(C)=O. The minimum absolute atomic E-state index is 0.0173. The minimum Gasteiger partial charge on any atom is -0.478 e. The summed E-state index contributed by atoms with van der Waals surface area (Å²) in [6.07, 6.45) is -3.79. The van der Waals surface area contributed by atoms with E-state index in [4.69, 9.17) is 30.5 Å². The maximum atomic E-state index is 13.3. The van der Waals surface area contributed by atoms with Crippen molar-refractivity contribution in [1.29, 1.82) is 0 Å². The fourth-order valence-electron chi connectivity index (χ4n) is 4.58. The Kier molecular flexibility index (Phi) is 9.22. The van der Waals surface area contributed by atoms with Crippen molar-refractivity contribution in [2.75, 3.05) is 4.90 Å². The molecular formula is C30H34ClN5O9. The molecule has 0 saturated carbocycles. The lowest BCUT2D eigenvalue weighted by atomic mass is 9.97. The fraction of sp³-hybridized carbons (Fsp3) is 0.433. The number of amides is 2. The van der Waals surface area contributed by atoms with Gasteiger partial charge in [0.05, 0.1) is 23.3 Å². The molecule has 1 aliphatic heterocycles. The molecule has 2 aromatic heterocycles. The van der Waals surface area contributed by atoms with Crippen molar-refractivity contribution in [3.05, 3.63) is 59.0 Å². The molecule has 0 aliphatic carbocycles. The maximum absolute atomic E-state index is 13.3. The maximum Gasteiger partial charge on any atom is 0.425 e. The predicted octanol–water partition coefficient (Wildman–Crippen LogP) is 5.48. The summed E-state index contributed by atoms with van der Waals surface area (Å²) in [5.41, 5.74) is -1.05. The number of ether oxygens (including phenoxy) is 4. The minimum atomic E-state index is -1.14. The van der Waals surface area contributed by atoms with Gasteiger partial charge >= 0.3 is 24.1 Å². The summed E-state index contributed by atoms with van der Waals surface area (Å²) in [4.78, 5) is 59.7. The van der Waals surface area contributed by atoms with Crippen LogP contribution >= 0.6 is 11.6 Å². The Balaban J connectivity index is 1.81. The highest BCUT2D eigenvalue weighted by molar-refractivity contribution is 6.29. The highest BCUT2D eigenvalue weighted by Crippen LogP contribution is 2.39. The topological polar surface area (TPSA) is 172 Å². The highest BCUT2D eigenvalue weighted by Gasteiger charge is 2.44. The van der Waals surface area contributed by atoms with E-state index in [0.29, 0.717) is 16.0 Å². The van der Waals surface area contributed by atoms with Gasteiger partial charge in [-0.05, 0) is 70.3 Å². The number of hydrogen-bond donors (Lipinski definition) is 1. The van der Waals surface area contributed by atoms with Gasteiger partial charge < -0.3 is 24.1 Å². The number of nitrogens with zero attached hydrogens (tertiary/aromatic N) is 5. The molecule has 14 nitrogen and oxygen atoms in total. The number of imide groups is 1. The Hall–Kier alpha value is -4.56. The first kappa shape index (κ1) is 33.3. The Morgan fingerprint density at radius 2 is 1.64 bits per heavy atom. The molecule has 3 heterocycles. The largest absolute Gasteiger partial charge is 0.478 e. The predicted molar refractivity (Wildman–Crippen MR) is 161 cm³/mol. The smallest absolute Gasteiger partial charge is 0.425 e. The van der Waals surface area contributed by atoms with E-state index in [1.54, 1.807) is 59.7 Å². The summed E-state index contributed by atoms with van der Waals surface area (Å²) in [7, 11) is 0. The molecular weight excluding hydrogens is 610 g/mol. The molecule has 3 aromatic rings. The molecule has 1 aromatic carbocycles. The van der Waals surface area contributed by atoms with Gasteiger partial charge in [-0.15, -0.1) is 0 Å². The number of aromatic carboxylic acids is 1. The molecule has 45 heavy (non-hydrogen) atoms. The van der Waals surface area contributed by atoms with Crippen molar-refractivity contribution in [2.24, 2.45) is 0 Å². The monoisotopic (exact) mass is 643 g/mol. The molecule has 0 unspecified atom stereocenters. The number of carbonyl (C=O) groups is 4. The number of carboxylic acid groups (broad SMARTS) is 1. The molecule has 3 atom stereocenters. The molecule has 0 bridgehead atoms. The third-order valence-corrected chi connectivity index (χ3v) is 6.47. The van der Waals surface area contributed by atoms with Gasteiger partial charge in [-0.2, -0.15) is 20.0 Å². The Morgan fingerprint density at radius 1 is 1.04 bits per heavy atom. The molecule has 1 saturated heterocycles. The first-order valence-corrected chi connectivity index (χ1v) is 14.2. The van der Waals surface area contributed by atoms with Gasteiger partial charge in [0, 0.05) is 13.3 Å². The summed E-state index contributed by atoms with van der Waals surface area (Å²) in [5, 5.41) is 13.8. The van der Waals surface area contributed by atoms with Gasteiger partial charge in [0.1, 0.15) is 11.2 Å². The molecule has 240 valence electrons. The van der Waals surface area contributed by atoms with Crippen molar-refractivity contribution in [2.45, 2.75) is 84.5 Å². The number of carboxylic acids is 1. The normalized spacial score (nSPS) is 18.5. The van der Waals surface area contributed by atoms with Gasteiger partial charge in [-0.1, -0.05) is 24.8 Å². The summed E-state index contributed by atoms with van der Waals surface area (Å²) in [6.45, 7) is 15.1. The molecule has 15 heteroatoms. The van der Waals surface area contributed by atoms with Crippen molar-refractivity contribution < 1.29 is 43.2 Å². The molecule has 1 N–H and O–H groups in total. The first-order chi connectivity index (χ1) is 20.9. The molecule has 4 rings (SSSR count). The van der Waals surface area contributed by atoms with Crippen LogP contribution in [0.5, 0.6) is 0 Å². The number of carbonyl (C=O) groups excluding carboxylic acids is 3. The van der Waals surface area contributed by atoms with Crippen LogP contribution < -0.4 is 4.90 Å². The van der Waals surface area contributed by atoms with Crippen molar-refractivity contribution in [1.82, 2.24) is 19.7 Å². The van der Waals surface area contributed by atoms with Gasteiger partial charge in [0.25, 0.3) is 0 Å². The van der Waals surface area contributed by atoms with Crippen LogP contribution in [-0.4, -0.2) is 72.4 Å². The number of halogens is 1. The highest BCUT2D eigenvalue weighted by atomic mass is 35.5. The number of fused-ring (bicyclic) bond motifs is 1. The van der Waals surface area contributed by atoms with Crippen LogP contribution in [0, 0.1) is 0 Å². The average molecular weight is 644 g/mol. The van der Waals surface area contributed by atoms with E-state index in [0.717, 1.165) is 0 Å². The fourth-order valence-corrected chi connectivity index (χ4v) is 4.74. The average Bonchev–Trinajstić information content (AvgIpc) is 3.43. The second-order valence-electron chi connectivity index (χ2n) is 12.2. The third-order valence-electron chi connectivity index (χ3n) is 6.30. The zero-order chi connectivity index (χ0) is 33.4. The standard InChI is InChI=1S/C30H34ClN5O9/c1-15-20(13-17-11-9-10-12-18(17)25(38)39)43-24(21(15)42-16(2)37)36-23-19(14-32-36)22(33-26(31)34-23)35(27(40)44-29(3,4)5)28(41)45-30(6,7)8/h9-12,14,20-21,24H,1,13H2,2-8H3,(H,38,39)/t20-,21+,24+/m0/s1. The number of aromatic nitrogens is 4. The Morgan fingerprint density at radius 3 is 2.20 bits per heavy atom. The van der Waals surface area contributed by atoms with Crippen LogP contribution in [0.3, 0.4) is 0 Å². The molecule has 1 fully saturated rings. The lowest BCUT2D eigenvalue weighted by molar-refractivity contribution is -0.151. The number of benzene rings is 1. The summed E-state index contributed by atoms with van der Waals surface area (Å²) >= 11 is 6.32. The molecule has 2 amide bonds. The van der Waals surface area contributed by atoms with Crippen LogP contribution in [0.4, 0.5) is 15.4 Å². The number of hydrogen-bond acceptors (Lipinski definition) is 11. The quantitative estimate of drug-likeness (QED) is 0.155. The summed E-state index contributed by atoms with van der Waals surface area (Å²) < 4.78 is 24.1. The first-order valence-electron chi connectivity index (χ1n) is 13.9. The van der Waals surface area contributed by atoms with Gasteiger partial charge in [-0.25, -0.2) is 19.1 Å². The van der Waals surface area contributed by atoms with Gasteiger partial charge in [0.15, 0.2) is 23.8 Å². The lowest BCUT2D eigenvalue weighted by Crippen LogP contribution is -2.44. The second kappa shape index (κ2) is 12.4. The number of esters is 1. The van der Waals surface area contributed by atoms with E-state index in [-0.39, 0.29) is 34.1 Å². The molecule has 0 radical (unpaired) electrons. The van der Waals surface area contributed by atoms with Crippen molar-refractivity contribution in [3.63, 3.8) is 0 Å². The summed E-state index contributed by atoms with van der Waals surface area (Å²) in [6, 6.07) is 6.43. The van der Waals surface area contributed by atoms with E-state index in [9.17, 15) is 24.3 Å². The Labute approximate surface area is 263 Å². The van der Waals surface area contributed by atoms with Crippen LogP contribution in [0.1, 0.15) is 70.6 Å². The van der Waals surface area contributed by atoms with E-state index >= 15 is 0 Å². The van der Waals surface area contributed by atoms with E-state index < -0.39 is 53.8 Å². The molecule has 1 aliphatic rings. The van der Waals surface area contributed by atoms with E-state index in [2.05, 4.69) is 21.6 Å². The van der Waals surface area contributed by atoms with Crippen molar-refractivity contribution in [3.8, 4) is 0 Å². The van der Waals surface area contributed by atoms with E-state index in [1.165, 1.54) is 23.9 Å². The van der Waals surface area contributed by atoms with Gasteiger partial charge in [0.2, 0.25) is 5.28 Å². The van der Waals surface area contributed by atoms with Crippen LogP contribution in [-0.2, 0) is 30.2 Å². The second-order valence-corrected chi connectivity index (χ2v) is 12.6. The Bertz CT molecular complexity index is 1650. The lowest BCUT2D eigenvalue weighted by Gasteiger charge is -2.28. The molecule has 0 spiro atoms. The van der Waals surface area contributed by atoms with Crippen LogP contribution in [0.2, 0.25) is 5.28 Å². The number of rotatable bonds is 6. The van der Waals surface area contributed by atoms with Crippen LogP contribution in [0.25, 0.3) is 11.0 Å². The zero-order valence-electron chi connectivity index (χ0n) is 25.9. The number of anilines is 1. The zero-order valence-corrected chi connectivity index (χ0v) is 26.6. The van der Waals surface area contributed by atoms with E-state index in [1.807, 2.05) is 0 Å². The summed E-state index contributed by atoms with van der Waals surface area (Å²) in [5.74, 6) is -2.02.